The summed E-state index contributed by atoms with van der Waals surface area (Å²) in [4.78, 5) is 14.8. The van der Waals surface area contributed by atoms with E-state index in [4.69, 9.17) is 4.74 Å². The Morgan fingerprint density at radius 2 is 1.75 bits per heavy atom. The van der Waals surface area contributed by atoms with Gasteiger partial charge < -0.3 is 15.2 Å². The maximum absolute atomic E-state index is 12.7. The van der Waals surface area contributed by atoms with Gasteiger partial charge in [-0.1, -0.05) is 52.0 Å². The molecule has 5 heteroatoms. The maximum Gasteiger partial charge on any atom is 0.244 e. The van der Waals surface area contributed by atoms with Gasteiger partial charge in [0.1, 0.15) is 0 Å². The van der Waals surface area contributed by atoms with Crippen molar-refractivity contribution >= 4 is 5.91 Å². The van der Waals surface area contributed by atoms with Crippen molar-refractivity contribution in [3.05, 3.63) is 23.9 Å². The number of hydrogen-bond acceptors (Lipinski definition) is 4. The first kappa shape index (κ1) is 28.9. The smallest absolute Gasteiger partial charge is 0.244 e. The monoisotopic (exact) mass is 450 g/mol. The summed E-state index contributed by atoms with van der Waals surface area (Å²) in [6.45, 7) is 17.6. The SMILES string of the molecule is C=C(/C=C(\C)NC(=O)C(C)(C)N(C)CC1CCOCC1)C(C)(C)O.CCCCC1CCC1. The zero-order chi connectivity index (χ0) is 24.4. The van der Waals surface area contributed by atoms with E-state index in [1.807, 2.05) is 27.8 Å². The summed E-state index contributed by atoms with van der Waals surface area (Å²) in [6, 6.07) is 0. The number of nitrogens with zero attached hydrogens (tertiary/aromatic N) is 1. The maximum atomic E-state index is 12.7. The molecule has 0 spiro atoms. The standard InChI is InChI=1S/C19H34N2O3.C8H16/c1-14(19(5,6)23)12-15(2)20-17(22)18(3,4)21(7)13-16-8-10-24-11-9-16;1-2-3-5-8-6-4-7-8/h12,16,23H,1,8-11,13H2,2-7H3,(H,20,22);8H,2-7H2,1H3/b15-12+;. The molecule has 2 rings (SSSR count). The summed E-state index contributed by atoms with van der Waals surface area (Å²) in [5.74, 6) is 1.65. The highest BCUT2D eigenvalue weighted by Crippen LogP contribution is 2.30. The van der Waals surface area contributed by atoms with Crippen molar-refractivity contribution in [3.63, 3.8) is 0 Å². The van der Waals surface area contributed by atoms with Crippen molar-refractivity contribution in [1.82, 2.24) is 10.2 Å². The van der Waals surface area contributed by atoms with Gasteiger partial charge in [-0.2, -0.15) is 0 Å². The van der Waals surface area contributed by atoms with Gasteiger partial charge in [-0.25, -0.2) is 0 Å². The lowest BCUT2D eigenvalue weighted by Crippen LogP contribution is -2.54. The van der Waals surface area contributed by atoms with E-state index in [1.54, 1.807) is 19.9 Å². The summed E-state index contributed by atoms with van der Waals surface area (Å²) in [6.07, 6.45) is 12.7. The molecule has 1 saturated heterocycles. The van der Waals surface area contributed by atoms with E-state index in [0.29, 0.717) is 17.2 Å². The summed E-state index contributed by atoms with van der Waals surface area (Å²) in [7, 11) is 1.99. The number of carbonyl (C=O) groups is 1. The van der Waals surface area contributed by atoms with E-state index in [2.05, 4.69) is 23.7 Å². The van der Waals surface area contributed by atoms with Gasteiger partial charge in [0, 0.05) is 25.5 Å². The molecular formula is C27H50N2O3. The van der Waals surface area contributed by atoms with E-state index < -0.39 is 11.1 Å². The highest BCUT2D eigenvalue weighted by Gasteiger charge is 2.34. The van der Waals surface area contributed by atoms with Crippen LogP contribution in [0.4, 0.5) is 0 Å². The second kappa shape index (κ2) is 13.5. The van der Waals surface area contributed by atoms with Crippen LogP contribution in [0.1, 0.15) is 92.9 Å². The van der Waals surface area contributed by atoms with Crippen molar-refractivity contribution < 1.29 is 14.6 Å². The first-order valence-corrected chi connectivity index (χ1v) is 12.6. The zero-order valence-electron chi connectivity index (χ0n) is 21.9. The average molecular weight is 451 g/mol. The summed E-state index contributed by atoms with van der Waals surface area (Å²) in [5, 5.41) is 12.8. The predicted octanol–water partition coefficient (Wildman–Crippen LogP) is 5.45. The first-order chi connectivity index (χ1) is 14.9. The van der Waals surface area contributed by atoms with Gasteiger partial charge in [0.15, 0.2) is 0 Å². The molecule has 2 fully saturated rings. The first-order valence-electron chi connectivity index (χ1n) is 12.6. The fourth-order valence-corrected chi connectivity index (χ4v) is 3.80. The van der Waals surface area contributed by atoms with Crippen LogP contribution in [0.5, 0.6) is 0 Å². The van der Waals surface area contributed by atoms with Gasteiger partial charge in [-0.3, -0.25) is 9.69 Å². The fourth-order valence-electron chi connectivity index (χ4n) is 3.80. The molecular weight excluding hydrogens is 400 g/mol. The Balaban J connectivity index is 0.000000533. The number of hydrogen-bond donors (Lipinski definition) is 2. The third-order valence-corrected chi connectivity index (χ3v) is 7.06. The number of aliphatic hydroxyl groups is 1. The third kappa shape index (κ3) is 10.2. The molecule has 0 aromatic carbocycles. The second-order valence-corrected chi connectivity index (χ2v) is 10.8. The molecule has 1 amide bonds. The van der Waals surface area contributed by atoms with Crippen molar-refractivity contribution in [2.45, 2.75) is 104 Å². The third-order valence-electron chi connectivity index (χ3n) is 7.06. The molecule has 1 aliphatic heterocycles. The molecule has 32 heavy (non-hydrogen) atoms. The van der Waals surface area contributed by atoms with E-state index in [-0.39, 0.29) is 5.91 Å². The Morgan fingerprint density at radius 1 is 1.16 bits per heavy atom. The van der Waals surface area contributed by atoms with Crippen molar-refractivity contribution in [1.29, 1.82) is 0 Å². The van der Waals surface area contributed by atoms with Crippen molar-refractivity contribution in [3.8, 4) is 0 Å². The van der Waals surface area contributed by atoms with Crippen LogP contribution in [0.25, 0.3) is 0 Å². The minimum absolute atomic E-state index is 0.0608. The second-order valence-electron chi connectivity index (χ2n) is 10.8. The highest BCUT2D eigenvalue weighted by molar-refractivity contribution is 5.86. The quantitative estimate of drug-likeness (QED) is 0.435. The van der Waals surface area contributed by atoms with E-state index in [9.17, 15) is 9.90 Å². The molecule has 0 aromatic rings. The Morgan fingerprint density at radius 3 is 2.22 bits per heavy atom. The molecule has 2 aliphatic rings. The van der Waals surface area contributed by atoms with Crippen LogP contribution >= 0.6 is 0 Å². The highest BCUT2D eigenvalue weighted by atomic mass is 16.5. The average Bonchev–Trinajstić information content (AvgIpc) is 2.67. The fraction of sp³-hybridized carbons (Fsp3) is 0.815. The molecule has 0 unspecified atom stereocenters. The molecule has 1 aliphatic carbocycles. The Kier molecular flexibility index (Phi) is 12.2. The largest absolute Gasteiger partial charge is 0.386 e. The van der Waals surface area contributed by atoms with Crippen molar-refractivity contribution in [2.75, 3.05) is 26.8 Å². The van der Waals surface area contributed by atoms with Gasteiger partial charge >= 0.3 is 0 Å². The predicted molar refractivity (Wildman–Crippen MR) is 134 cm³/mol. The Hall–Kier alpha value is -1.17. The lowest BCUT2D eigenvalue weighted by molar-refractivity contribution is -0.130. The number of carbonyl (C=O) groups excluding carboxylic acids is 1. The van der Waals surface area contributed by atoms with E-state index >= 15 is 0 Å². The van der Waals surface area contributed by atoms with E-state index in [1.165, 1.54) is 38.5 Å². The minimum Gasteiger partial charge on any atom is -0.386 e. The van der Waals surface area contributed by atoms with Gasteiger partial charge in [0.25, 0.3) is 0 Å². The number of allylic oxidation sites excluding steroid dienone is 1. The van der Waals surface area contributed by atoms with E-state index in [0.717, 1.165) is 38.5 Å². The van der Waals surface area contributed by atoms with Crippen LogP contribution in [-0.4, -0.2) is 53.9 Å². The van der Waals surface area contributed by atoms with Crippen molar-refractivity contribution in [2.24, 2.45) is 11.8 Å². The Labute approximate surface area is 197 Å². The van der Waals surface area contributed by atoms with Gasteiger partial charge in [0.05, 0.1) is 11.1 Å². The van der Waals surface area contributed by atoms with Crippen LogP contribution in [0.2, 0.25) is 0 Å². The molecule has 0 bridgehead atoms. The molecule has 2 N–H and O–H groups in total. The molecule has 0 radical (unpaired) electrons. The van der Waals surface area contributed by atoms with Crippen LogP contribution in [0, 0.1) is 11.8 Å². The molecule has 5 nitrogen and oxygen atoms in total. The van der Waals surface area contributed by atoms with Gasteiger partial charge in [-0.15, -0.1) is 0 Å². The molecule has 186 valence electrons. The number of amides is 1. The van der Waals surface area contributed by atoms with Gasteiger partial charge in [0.2, 0.25) is 5.91 Å². The lowest BCUT2D eigenvalue weighted by atomic mass is 9.82. The minimum atomic E-state index is -0.999. The lowest BCUT2D eigenvalue weighted by Gasteiger charge is -2.37. The summed E-state index contributed by atoms with van der Waals surface area (Å²) >= 11 is 0. The van der Waals surface area contributed by atoms with Crippen LogP contribution in [0.15, 0.2) is 23.9 Å². The van der Waals surface area contributed by atoms with Crippen LogP contribution in [-0.2, 0) is 9.53 Å². The molecule has 0 aromatic heterocycles. The van der Waals surface area contributed by atoms with Gasteiger partial charge in [-0.05, 0) is 78.0 Å². The molecule has 1 saturated carbocycles. The summed E-state index contributed by atoms with van der Waals surface area (Å²) in [5.41, 5.74) is -0.376. The zero-order valence-corrected chi connectivity index (χ0v) is 21.9. The Bertz CT molecular complexity index is 609. The molecule has 1 heterocycles. The number of unbranched alkanes of at least 4 members (excludes halogenated alkanes) is 1. The summed E-state index contributed by atoms with van der Waals surface area (Å²) < 4.78 is 5.40. The number of ether oxygens (including phenoxy) is 1. The molecule has 0 atom stereocenters. The normalized spacial score (nSPS) is 18.6. The number of likely N-dealkylation sites (N-methyl/N-ethyl adjacent to an activating group) is 1. The van der Waals surface area contributed by atoms with Crippen LogP contribution < -0.4 is 5.32 Å². The topological polar surface area (TPSA) is 61.8 Å². The van der Waals surface area contributed by atoms with Crippen LogP contribution in [0.3, 0.4) is 0 Å². The number of rotatable bonds is 10. The number of nitrogens with one attached hydrogen (secondary N) is 1.